The maximum atomic E-state index is 5.73. The Balaban J connectivity index is 2.14. The van der Waals surface area contributed by atoms with Crippen LogP contribution in [-0.4, -0.2) is 9.38 Å². The fourth-order valence-electron chi connectivity index (χ4n) is 1.76. The fraction of sp³-hybridized carbons (Fsp3) is 0. The highest BCUT2D eigenvalue weighted by molar-refractivity contribution is 9.10. The van der Waals surface area contributed by atoms with E-state index in [4.69, 9.17) is 5.73 Å². The molecule has 0 atom stereocenters. The quantitative estimate of drug-likeness (QED) is 0.746. The monoisotopic (exact) mass is 287 g/mol. The molecule has 4 heteroatoms. The zero-order valence-corrected chi connectivity index (χ0v) is 10.6. The third kappa shape index (κ3) is 1.91. The van der Waals surface area contributed by atoms with Crippen molar-refractivity contribution in [2.75, 3.05) is 5.73 Å². The SMILES string of the molecule is Nc1ccn2cc(-c3ccc(Br)cc3)nc2c1. The summed E-state index contributed by atoms with van der Waals surface area (Å²) in [4.78, 5) is 4.54. The Bertz CT molecular complexity index is 671. The second-order valence-electron chi connectivity index (χ2n) is 3.86. The number of hydrogen-bond donors (Lipinski definition) is 1. The number of imidazole rings is 1. The Morgan fingerprint density at radius 3 is 2.65 bits per heavy atom. The molecule has 2 heterocycles. The molecule has 0 saturated heterocycles. The minimum absolute atomic E-state index is 0.727. The van der Waals surface area contributed by atoms with E-state index < -0.39 is 0 Å². The number of nitrogens with zero attached hydrogens (tertiary/aromatic N) is 2. The van der Waals surface area contributed by atoms with E-state index in [1.807, 2.05) is 53.2 Å². The van der Waals surface area contributed by atoms with Gasteiger partial charge in [-0.05, 0) is 18.2 Å². The lowest BCUT2D eigenvalue weighted by atomic mass is 10.2. The maximum absolute atomic E-state index is 5.73. The third-order valence-electron chi connectivity index (χ3n) is 2.62. The van der Waals surface area contributed by atoms with Crippen LogP contribution in [0, 0.1) is 0 Å². The summed E-state index contributed by atoms with van der Waals surface area (Å²) in [5, 5.41) is 0. The zero-order valence-electron chi connectivity index (χ0n) is 8.97. The van der Waals surface area contributed by atoms with E-state index in [0.717, 1.165) is 27.1 Å². The van der Waals surface area contributed by atoms with E-state index in [0.29, 0.717) is 0 Å². The van der Waals surface area contributed by atoms with Gasteiger partial charge < -0.3 is 10.1 Å². The molecule has 0 aliphatic rings. The van der Waals surface area contributed by atoms with Gasteiger partial charge in [-0.3, -0.25) is 0 Å². The summed E-state index contributed by atoms with van der Waals surface area (Å²) < 4.78 is 3.03. The van der Waals surface area contributed by atoms with Gasteiger partial charge in [0, 0.05) is 34.2 Å². The number of anilines is 1. The number of benzene rings is 1. The van der Waals surface area contributed by atoms with Gasteiger partial charge in [0.25, 0.3) is 0 Å². The van der Waals surface area contributed by atoms with E-state index >= 15 is 0 Å². The number of aromatic nitrogens is 2. The third-order valence-corrected chi connectivity index (χ3v) is 3.15. The summed E-state index contributed by atoms with van der Waals surface area (Å²) in [5.74, 6) is 0. The summed E-state index contributed by atoms with van der Waals surface area (Å²) in [5.41, 5.74) is 9.36. The van der Waals surface area contributed by atoms with Crippen molar-refractivity contribution in [3.63, 3.8) is 0 Å². The average molecular weight is 288 g/mol. The minimum Gasteiger partial charge on any atom is -0.399 e. The van der Waals surface area contributed by atoms with Gasteiger partial charge in [0.15, 0.2) is 0 Å². The van der Waals surface area contributed by atoms with Crippen LogP contribution in [0.4, 0.5) is 5.69 Å². The summed E-state index contributed by atoms with van der Waals surface area (Å²) >= 11 is 3.42. The molecule has 0 unspecified atom stereocenters. The molecule has 0 radical (unpaired) electrons. The van der Waals surface area contributed by atoms with Gasteiger partial charge in [-0.25, -0.2) is 4.98 Å². The topological polar surface area (TPSA) is 43.3 Å². The van der Waals surface area contributed by atoms with Crippen molar-refractivity contribution in [3.05, 3.63) is 53.3 Å². The predicted molar refractivity (Wildman–Crippen MR) is 72.7 cm³/mol. The van der Waals surface area contributed by atoms with E-state index in [9.17, 15) is 0 Å². The highest BCUT2D eigenvalue weighted by Crippen LogP contribution is 2.22. The molecule has 0 amide bonds. The molecule has 0 bridgehead atoms. The number of halogens is 1. The molecule has 3 aromatic rings. The van der Waals surface area contributed by atoms with Gasteiger partial charge in [-0.15, -0.1) is 0 Å². The summed E-state index contributed by atoms with van der Waals surface area (Å²) in [6.07, 6.45) is 3.91. The largest absolute Gasteiger partial charge is 0.399 e. The van der Waals surface area contributed by atoms with Crippen LogP contribution in [0.25, 0.3) is 16.9 Å². The number of nitrogens with two attached hydrogens (primary N) is 1. The molecular weight excluding hydrogens is 278 g/mol. The highest BCUT2D eigenvalue weighted by Gasteiger charge is 2.04. The molecule has 2 aromatic heterocycles. The average Bonchev–Trinajstić information content (AvgIpc) is 2.72. The van der Waals surface area contributed by atoms with E-state index in [2.05, 4.69) is 20.9 Å². The second kappa shape index (κ2) is 3.89. The van der Waals surface area contributed by atoms with Crippen molar-refractivity contribution in [3.8, 4) is 11.3 Å². The lowest BCUT2D eigenvalue weighted by Gasteiger charge is -1.95. The van der Waals surface area contributed by atoms with Gasteiger partial charge in [0.1, 0.15) is 5.65 Å². The summed E-state index contributed by atoms with van der Waals surface area (Å²) in [7, 11) is 0. The van der Waals surface area contributed by atoms with Crippen molar-refractivity contribution in [2.24, 2.45) is 0 Å². The molecular formula is C13H10BrN3. The molecule has 0 aliphatic heterocycles. The Labute approximate surface area is 107 Å². The number of pyridine rings is 1. The van der Waals surface area contributed by atoms with Crippen LogP contribution in [-0.2, 0) is 0 Å². The predicted octanol–water partition coefficient (Wildman–Crippen LogP) is 3.35. The number of fused-ring (bicyclic) bond motifs is 1. The van der Waals surface area contributed by atoms with E-state index in [-0.39, 0.29) is 0 Å². The number of rotatable bonds is 1. The first kappa shape index (κ1) is 10.4. The van der Waals surface area contributed by atoms with Crippen LogP contribution in [0.15, 0.2) is 53.3 Å². The Kier molecular flexibility index (Phi) is 2.37. The lowest BCUT2D eigenvalue weighted by molar-refractivity contribution is 1.19. The minimum atomic E-state index is 0.727. The normalized spacial score (nSPS) is 10.9. The molecule has 1 aromatic carbocycles. The van der Waals surface area contributed by atoms with E-state index in [1.54, 1.807) is 0 Å². The van der Waals surface area contributed by atoms with Crippen molar-refractivity contribution < 1.29 is 0 Å². The van der Waals surface area contributed by atoms with Gasteiger partial charge in [-0.1, -0.05) is 28.1 Å². The molecule has 2 N–H and O–H groups in total. The smallest absolute Gasteiger partial charge is 0.139 e. The van der Waals surface area contributed by atoms with Gasteiger partial charge in [0.05, 0.1) is 5.69 Å². The summed E-state index contributed by atoms with van der Waals surface area (Å²) in [6, 6.07) is 11.8. The molecule has 84 valence electrons. The standard InChI is InChI=1S/C13H10BrN3/c14-10-3-1-9(2-4-10)12-8-17-6-5-11(15)7-13(17)16-12/h1-8H,15H2. The first-order chi connectivity index (χ1) is 8.22. The molecule has 0 saturated carbocycles. The molecule has 0 fully saturated rings. The van der Waals surface area contributed by atoms with Crippen LogP contribution >= 0.6 is 15.9 Å². The van der Waals surface area contributed by atoms with Crippen molar-refractivity contribution in [1.82, 2.24) is 9.38 Å². The zero-order chi connectivity index (χ0) is 11.8. The summed E-state index contributed by atoms with van der Waals surface area (Å²) in [6.45, 7) is 0. The van der Waals surface area contributed by atoms with Gasteiger partial charge >= 0.3 is 0 Å². The molecule has 3 nitrogen and oxygen atoms in total. The van der Waals surface area contributed by atoms with Crippen LogP contribution < -0.4 is 5.73 Å². The van der Waals surface area contributed by atoms with Gasteiger partial charge in [0.2, 0.25) is 0 Å². The fourth-order valence-corrected chi connectivity index (χ4v) is 2.02. The van der Waals surface area contributed by atoms with Crippen molar-refractivity contribution >= 4 is 27.3 Å². The first-order valence-electron chi connectivity index (χ1n) is 5.22. The van der Waals surface area contributed by atoms with Gasteiger partial charge in [-0.2, -0.15) is 0 Å². The lowest BCUT2D eigenvalue weighted by Crippen LogP contribution is -1.87. The first-order valence-corrected chi connectivity index (χ1v) is 6.02. The molecule has 0 aliphatic carbocycles. The highest BCUT2D eigenvalue weighted by atomic mass is 79.9. The molecule has 0 spiro atoms. The number of hydrogen-bond acceptors (Lipinski definition) is 2. The molecule has 3 rings (SSSR count). The van der Waals surface area contributed by atoms with Crippen LogP contribution in [0.5, 0.6) is 0 Å². The Hall–Kier alpha value is -1.81. The second-order valence-corrected chi connectivity index (χ2v) is 4.77. The van der Waals surface area contributed by atoms with Crippen LogP contribution in [0.3, 0.4) is 0 Å². The van der Waals surface area contributed by atoms with E-state index in [1.165, 1.54) is 0 Å². The van der Waals surface area contributed by atoms with Crippen molar-refractivity contribution in [1.29, 1.82) is 0 Å². The van der Waals surface area contributed by atoms with Crippen LogP contribution in [0.2, 0.25) is 0 Å². The molecule has 17 heavy (non-hydrogen) atoms. The van der Waals surface area contributed by atoms with Crippen molar-refractivity contribution in [2.45, 2.75) is 0 Å². The maximum Gasteiger partial charge on any atom is 0.139 e. The Morgan fingerprint density at radius 1 is 1.12 bits per heavy atom. The van der Waals surface area contributed by atoms with Crippen LogP contribution in [0.1, 0.15) is 0 Å². The Morgan fingerprint density at radius 2 is 1.88 bits per heavy atom. The number of nitrogen functional groups attached to an aromatic ring is 1.